The SMILES string of the molecule is CCN(CC)C(=O)C(Sc1nc2ccccc2c(=O)n1C)c1ccccc1. The number of likely N-dealkylation sites (N-methyl/N-ethyl adjacent to an activating group) is 1. The second-order valence-electron chi connectivity index (χ2n) is 6.19. The minimum absolute atomic E-state index is 0.0265. The fraction of sp³-hybridized carbons (Fsp3) is 0.286. The smallest absolute Gasteiger partial charge is 0.261 e. The monoisotopic (exact) mass is 381 g/mol. The quantitative estimate of drug-likeness (QED) is 0.483. The molecular formula is C21H23N3O2S. The molecule has 0 radical (unpaired) electrons. The van der Waals surface area contributed by atoms with Crippen LogP contribution >= 0.6 is 11.8 Å². The van der Waals surface area contributed by atoms with Crippen molar-refractivity contribution < 1.29 is 4.79 Å². The lowest BCUT2D eigenvalue weighted by Gasteiger charge is -2.25. The Labute approximate surface area is 163 Å². The normalized spacial score (nSPS) is 12.1. The molecule has 0 aliphatic rings. The van der Waals surface area contributed by atoms with Crippen LogP contribution in [0.3, 0.4) is 0 Å². The van der Waals surface area contributed by atoms with Gasteiger partial charge in [-0.05, 0) is 31.5 Å². The number of thioether (sulfide) groups is 1. The van der Waals surface area contributed by atoms with E-state index in [2.05, 4.69) is 4.98 Å². The van der Waals surface area contributed by atoms with Crippen LogP contribution in [-0.2, 0) is 11.8 Å². The van der Waals surface area contributed by atoms with Gasteiger partial charge in [-0.2, -0.15) is 0 Å². The summed E-state index contributed by atoms with van der Waals surface area (Å²) in [5.74, 6) is 0.0265. The largest absolute Gasteiger partial charge is 0.342 e. The van der Waals surface area contributed by atoms with Crippen LogP contribution in [0.15, 0.2) is 64.5 Å². The minimum atomic E-state index is -0.453. The van der Waals surface area contributed by atoms with Gasteiger partial charge in [0.15, 0.2) is 5.16 Å². The zero-order valence-corrected chi connectivity index (χ0v) is 16.6. The third-order valence-corrected chi connectivity index (χ3v) is 5.85. The van der Waals surface area contributed by atoms with Crippen LogP contribution in [0.25, 0.3) is 10.9 Å². The highest BCUT2D eigenvalue weighted by Crippen LogP contribution is 2.35. The number of hydrogen-bond donors (Lipinski definition) is 0. The molecule has 140 valence electrons. The van der Waals surface area contributed by atoms with Gasteiger partial charge in [-0.1, -0.05) is 54.2 Å². The van der Waals surface area contributed by atoms with E-state index in [1.54, 1.807) is 13.1 Å². The van der Waals surface area contributed by atoms with Crippen molar-refractivity contribution in [2.75, 3.05) is 13.1 Å². The number of fused-ring (bicyclic) bond motifs is 1. The molecule has 0 spiro atoms. The number of carbonyl (C=O) groups excluding carboxylic acids is 1. The first-order valence-corrected chi connectivity index (χ1v) is 9.91. The van der Waals surface area contributed by atoms with E-state index in [0.717, 1.165) is 5.56 Å². The van der Waals surface area contributed by atoms with Gasteiger partial charge in [0.25, 0.3) is 5.56 Å². The summed E-state index contributed by atoms with van der Waals surface area (Å²) < 4.78 is 1.53. The van der Waals surface area contributed by atoms with Crippen LogP contribution < -0.4 is 5.56 Å². The summed E-state index contributed by atoms with van der Waals surface area (Å²) in [5.41, 5.74) is 1.44. The molecule has 1 atom stereocenters. The molecule has 1 heterocycles. The lowest BCUT2D eigenvalue weighted by molar-refractivity contribution is -0.130. The summed E-state index contributed by atoms with van der Waals surface area (Å²) in [4.78, 5) is 32.3. The van der Waals surface area contributed by atoms with Crippen molar-refractivity contribution in [1.82, 2.24) is 14.5 Å². The Morgan fingerprint density at radius 1 is 1.07 bits per heavy atom. The van der Waals surface area contributed by atoms with Crippen molar-refractivity contribution in [3.8, 4) is 0 Å². The predicted octanol–water partition coefficient (Wildman–Crippen LogP) is 3.64. The average Bonchev–Trinajstić information content (AvgIpc) is 2.71. The molecule has 1 unspecified atom stereocenters. The highest BCUT2D eigenvalue weighted by molar-refractivity contribution is 8.00. The van der Waals surface area contributed by atoms with E-state index in [9.17, 15) is 9.59 Å². The molecule has 27 heavy (non-hydrogen) atoms. The maximum absolute atomic E-state index is 13.2. The molecule has 0 N–H and O–H groups in total. The molecular weight excluding hydrogens is 358 g/mol. The molecule has 5 nitrogen and oxygen atoms in total. The topological polar surface area (TPSA) is 55.2 Å². The van der Waals surface area contributed by atoms with E-state index in [1.165, 1.54) is 16.3 Å². The van der Waals surface area contributed by atoms with Crippen LogP contribution in [0.4, 0.5) is 0 Å². The molecule has 0 saturated carbocycles. The van der Waals surface area contributed by atoms with E-state index < -0.39 is 5.25 Å². The van der Waals surface area contributed by atoms with Crippen molar-refractivity contribution in [3.63, 3.8) is 0 Å². The summed E-state index contributed by atoms with van der Waals surface area (Å²) in [7, 11) is 1.70. The van der Waals surface area contributed by atoms with Gasteiger partial charge >= 0.3 is 0 Å². The molecule has 0 fully saturated rings. The number of aromatic nitrogens is 2. The number of para-hydroxylation sites is 1. The van der Waals surface area contributed by atoms with Gasteiger partial charge in [-0.3, -0.25) is 14.2 Å². The van der Waals surface area contributed by atoms with Crippen molar-refractivity contribution in [1.29, 1.82) is 0 Å². The zero-order valence-electron chi connectivity index (χ0n) is 15.8. The molecule has 1 aromatic heterocycles. The standard InChI is InChI=1S/C21H23N3O2S/c1-4-24(5-2)20(26)18(15-11-7-6-8-12-15)27-21-22-17-14-10-9-13-16(17)19(25)23(21)3/h6-14,18H,4-5H2,1-3H3. The van der Waals surface area contributed by atoms with Gasteiger partial charge in [0.2, 0.25) is 5.91 Å². The number of carbonyl (C=O) groups is 1. The Hall–Kier alpha value is -2.60. The molecule has 1 amide bonds. The summed E-state index contributed by atoms with van der Waals surface area (Å²) >= 11 is 1.33. The Morgan fingerprint density at radius 3 is 2.37 bits per heavy atom. The average molecular weight is 382 g/mol. The number of nitrogens with zero attached hydrogens (tertiary/aromatic N) is 3. The fourth-order valence-electron chi connectivity index (χ4n) is 3.00. The highest BCUT2D eigenvalue weighted by Gasteiger charge is 2.27. The van der Waals surface area contributed by atoms with Gasteiger partial charge in [0.05, 0.1) is 10.9 Å². The van der Waals surface area contributed by atoms with Crippen molar-refractivity contribution >= 4 is 28.6 Å². The van der Waals surface area contributed by atoms with E-state index in [0.29, 0.717) is 29.1 Å². The van der Waals surface area contributed by atoms with Crippen LogP contribution in [0.1, 0.15) is 24.7 Å². The molecule has 0 saturated heterocycles. The second kappa shape index (κ2) is 8.39. The first kappa shape index (κ1) is 19.2. The molecule has 0 aliphatic carbocycles. The van der Waals surface area contributed by atoms with E-state index >= 15 is 0 Å². The Kier molecular flexibility index (Phi) is 5.96. The molecule has 0 bridgehead atoms. The number of hydrogen-bond acceptors (Lipinski definition) is 4. The lowest BCUT2D eigenvalue weighted by Crippen LogP contribution is -2.34. The highest BCUT2D eigenvalue weighted by atomic mass is 32.2. The maximum atomic E-state index is 13.2. The molecule has 3 aromatic rings. The first-order chi connectivity index (χ1) is 13.1. The number of amides is 1. The maximum Gasteiger partial charge on any atom is 0.261 e. The van der Waals surface area contributed by atoms with Gasteiger partial charge in [-0.15, -0.1) is 0 Å². The third kappa shape index (κ3) is 3.90. The second-order valence-corrected chi connectivity index (χ2v) is 7.27. The van der Waals surface area contributed by atoms with Gasteiger partial charge in [-0.25, -0.2) is 4.98 Å². The van der Waals surface area contributed by atoms with Crippen LogP contribution in [-0.4, -0.2) is 33.4 Å². The number of benzene rings is 2. The van der Waals surface area contributed by atoms with Crippen LogP contribution in [0, 0.1) is 0 Å². The Balaban J connectivity index is 2.07. The van der Waals surface area contributed by atoms with Gasteiger partial charge in [0, 0.05) is 20.1 Å². The molecule has 6 heteroatoms. The summed E-state index contributed by atoms with van der Waals surface area (Å²) in [6.45, 7) is 5.23. The number of rotatable bonds is 6. The van der Waals surface area contributed by atoms with Crippen molar-refractivity contribution in [2.24, 2.45) is 7.05 Å². The third-order valence-electron chi connectivity index (χ3n) is 4.57. The Bertz CT molecular complexity index is 997. The van der Waals surface area contributed by atoms with E-state index in [1.807, 2.05) is 67.3 Å². The minimum Gasteiger partial charge on any atom is -0.342 e. The summed E-state index contributed by atoms with van der Waals surface area (Å²) in [6, 6.07) is 16.9. The van der Waals surface area contributed by atoms with Crippen molar-refractivity contribution in [2.45, 2.75) is 24.3 Å². The lowest BCUT2D eigenvalue weighted by atomic mass is 10.1. The molecule has 2 aromatic carbocycles. The molecule has 3 rings (SSSR count). The predicted molar refractivity (Wildman–Crippen MR) is 110 cm³/mol. The van der Waals surface area contributed by atoms with Gasteiger partial charge in [0.1, 0.15) is 5.25 Å². The van der Waals surface area contributed by atoms with E-state index in [-0.39, 0.29) is 11.5 Å². The van der Waals surface area contributed by atoms with Crippen LogP contribution in [0.2, 0.25) is 0 Å². The fourth-order valence-corrected chi connectivity index (χ4v) is 4.14. The Morgan fingerprint density at radius 2 is 1.70 bits per heavy atom. The zero-order chi connectivity index (χ0) is 19.4. The molecule has 0 aliphatic heterocycles. The van der Waals surface area contributed by atoms with E-state index in [4.69, 9.17) is 0 Å². The van der Waals surface area contributed by atoms with Crippen molar-refractivity contribution in [3.05, 3.63) is 70.5 Å². The first-order valence-electron chi connectivity index (χ1n) is 9.03. The summed E-state index contributed by atoms with van der Waals surface area (Å²) in [6.07, 6.45) is 0. The van der Waals surface area contributed by atoms with Crippen LogP contribution in [0.5, 0.6) is 0 Å². The van der Waals surface area contributed by atoms with Gasteiger partial charge < -0.3 is 4.90 Å². The summed E-state index contributed by atoms with van der Waals surface area (Å²) in [5, 5.41) is 0.661.